The number of aliphatic carboxylic acids is 1. The molecule has 2 heteroatoms. The van der Waals surface area contributed by atoms with Crippen LogP contribution in [0.4, 0.5) is 0 Å². The predicted octanol–water partition coefficient (Wildman–Crippen LogP) is 0.339. The van der Waals surface area contributed by atoms with E-state index in [2.05, 4.69) is 0 Å². The average molecular weight is 115 g/mol. The first-order chi connectivity index (χ1) is 3.27. The molecule has 0 aliphatic carbocycles. The third-order valence-corrected chi connectivity index (χ3v) is 0.520. The number of carboxylic acid groups (broad SMARTS) is 1. The standard InChI is InChI=1S/C5H8O2.CH4/c1-2-3-4-5(6)7;/h2-3H,4H2,1H3,(H,6,7);1H4/p-1/b3-2-;. The number of allylic oxidation sites excluding steroid dienone is 1. The second-order valence-electron chi connectivity index (χ2n) is 1.15. The first-order valence-corrected chi connectivity index (χ1v) is 2.08. The molecule has 0 aliphatic rings. The summed E-state index contributed by atoms with van der Waals surface area (Å²) in [5.41, 5.74) is 0. The number of rotatable bonds is 2. The van der Waals surface area contributed by atoms with Gasteiger partial charge in [0.05, 0.1) is 0 Å². The zero-order valence-electron chi connectivity index (χ0n) is 4.18. The van der Waals surface area contributed by atoms with Crippen molar-refractivity contribution in [2.45, 2.75) is 20.8 Å². The Labute approximate surface area is 49.8 Å². The maximum atomic E-state index is 9.60. The second kappa shape index (κ2) is 6.21. The summed E-state index contributed by atoms with van der Waals surface area (Å²) in [7, 11) is 0. The monoisotopic (exact) mass is 115 g/mol. The van der Waals surface area contributed by atoms with E-state index in [-0.39, 0.29) is 13.8 Å². The van der Waals surface area contributed by atoms with Gasteiger partial charge in [0.15, 0.2) is 0 Å². The van der Waals surface area contributed by atoms with Gasteiger partial charge in [-0.25, -0.2) is 0 Å². The number of carboxylic acids is 1. The molecule has 0 bridgehead atoms. The minimum atomic E-state index is -1.03. The minimum absolute atomic E-state index is 0. The van der Waals surface area contributed by atoms with Crippen LogP contribution >= 0.6 is 0 Å². The molecule has 0 heterocycles. The molecule has 0 aliphatic heterocycles. The van der Waals surface area contributed by atoms with Crippen molar-refractivity contribution in [1.29, 1.82) is 0 Å². The van der Waals surface area contributed by atoms with Crippen molar-refractivity contribution in [3.05, 3.63) is 12.2 Å². The van der Waals surface area contributed by atoms with E-state index in [0.29, 0.717) is 0 Å². The molecule has 0 aromatic heterocycles. The van der Waals surface area contributed by atoms with E-state index in [0.717, 1.165) is 0 Å². The van der Waals surface area contributed by atoms with E-state index in [4.69, 9.17) is 0 Å². The van der Waals surface area contributed by atoms with E-state index in [9.17, 15) is 9.90 Å². The zero-order chi connectivity index (χ0) is 5.70. The van der Waals surface area contributed by atoms with Crippen LogP contribution in [-0.2, 0) is 4.79 Å². The Morgan fingerprint density at radius 1 is 1.75 bits per heavy atom. The van der Waals surface area contributed by atoms with Gasteiger partial charge in [0.2, 0.25) is 0 Å². The van der Waals surface area contributed by atoms with E-state index in [1.54, 1.807) is 13.0 Å². The highest BCUT2D eigenvalue weighted by Gasteiger charge is 1.72. The molecule has 0 aromatic rings. The Hall–Kier alpha value is -0.790. The van der Waals surface area contributed by atoms with Crippen LogP contribution in [0.1, 0.15) is 20.8 Å². The fourth-order valence-electron chi connectivity index (χ4n) is 0.214. The largest absolute Gasteiger partial charge is 0.550 e. The normalized spacial score (nSPS) is 8.62. The van der Waals surface area contributed by atoms with Gasteiger partial charge in [-0.3, -0.25) is 0 Å². The van der Waals surface area contributed by atoms with Crippen molar-refractivity contribution >= 4 is 5.97 Å². The molecule has 48 valence electrons. The van der Waals surface area contributed by atoms with E-state index >= 15 is 0 Å². The molecule has 0 aromatic carbocycles. The quantitative estimate of drug-likeness (QED) is 0.487. The highest BCUT2D eigenvalue weighted by molar-refractivity contribution is 5.66. The van der Waals surface area contributed by atoms with Crippen molar-refractivity contribution in [1.82, 2.24) is 0 Å². The lowest BCUT2D eigenvalue weighted by Gasteiger charge is -1.90. The molecule has 0 fully saturated rings. The molecule has 0 rings (SSSR count). The van der Waals surface area contributed by atoms with E-state index < -0.39 is 5.97 Å². The number of carbonyl (C=O) groups excluding carboxylic acids is 1. The summed E-state index contributed by atoms with van der Waals surface area (Å²) in [5.74, 6) is -1.03. The molecule has 0 atom stereocenters. The first-order valence-electron chi connectivity index (χ1n) is 2.08. The Morgan fingerprint density at radius 3 is 2.38 bits per heavy atom. The molecule has 0 radical (unpaired) electrons. The smallest absolute Gasteiger partial charge is 0.0452 e. The molecule has 0 saturated heterocycles. The first kappa shape index (κ1) is 10.2. The molecule has 0 amide bonds. The molecule has 0 saturated carbocycles. The van der Waals surface area contributed by atoms with Crippen LogP contribution in [0.15, 0.2) is 12.2 Å². The zero-order valence-corrected chi connectivity index (χ0v) is 4.18. The predicted molar refractivity (Wildman–Crippen MR) is 31.2 cm³/mol. The number of hydrogen-bond donors (Lipinski definition) is 0. The lowest BCUT2D eigenvalue weighted by atomic mass is 10.4. The van der Waals surface area contributed by atoms with Gasteiger partial charge in [0.1, 0.15) is 0 Å². The topological polar surface area (TPSA) is 40.1 Å². The Kier molecular flexibility index (Phi) is 7.95. The lowest BCUT2D eigenvalue weighted by molar-refractivity contribution is -0.304. The second-order valence-corrected chi connectivity index (χ2v) is 1.15. The SMILES string of the molecule is C.C/C=C\CC(=O)[O-]. The molecule has 2 nitrogen and oxygen atoms in total. The molecule has 0 N–H and O–H groups in total. The fraction of sp³-hybridized carbons (Fsp3) is 0.500. The van der Waals surface area contributed by atoms with E-state index in [1.807, 2.05) is 0 Å². The Morgan fingerprint density at radius 2 is 2.25 bits per heavy atom. The third kappa shape index (κ3) is 8.96. The van der Waals surface area contributed by atoms with Gasteiger partial charge in [0.25, 0.3) is 0 Å². The molecule has 0 unspecified atom stereocenters. The average Bonchev–Trinajstić information content (AvgIpc) is 1.61. The molecular formula is C6H11O2-. The maximum Gasteiger partial charge on any atom is 0.0452 e. The van der Waals surface area contributed by atoms with Crippen molar-refractivity contribution < 1.29 is 9.90 Å². The highest BCUT2D eigenvalue weighted by atomic mass is 16.4. The summed E-state index contributed by atoms with van der Waals surface area (Å²) in [5, 5.41) is 9.60. The van der Waals surface area contributed by atoms with Gasteiger partial charge in [-0.05, 0) is 6.92 Å². The van der Waals surface area contributed by atoms with Gasteiger partial charge in [-0.1, -0.05) is 19.6 Å². The Balaban J connectivity index is 0. The lowest BCUT2D eigenvalue weighted by Crippen LogP contribution is -2.20. The highest BCUT2D eigenvalue weighted by Crippen LogP contribution is 1.76. The van der Waals surface area contributed by atoms with Gasteiger partial charge in [0, 0.05) is 12.4 Å². The minimum Gasteiger partial charge on any atom is -0.550 e. The summed E-state index contributed by atoms with van der Waals surface area (Å²) in [6, 6.07) is 0. The van der Waals surface area contributed by atoms with Crippen LogP contribution < -0.4 is 5.11 Å². The van der Waals surface area contributed by atoms with Crippen LogP contribution in [0.2, 0.25) is 0 Å². The summed E-state index contributed by atoms with van der Waals surface area (Å²) >= 11 is 0. The molecule has 8 heavy (non-hydrogen) atoms. The van der Waals surface area contributed by atoms with Gasteiger partial charge < -0.3 is 9.90 Å². The maximum absolute atomic E-state index is 9.60. The summed E-state index contributed by atoms with van der Waals surface area (Å²) < 4.78 is 0. The van der Waals surface area contributed by atoms with Crippen LogP contribution in [0.5, 0.6) is 0 Å². The van der Waals surface area contributed by atoms with Crippen molar-refractivity contribution in [2.24, 2.45) is 0 Å². The van der Waals surface area contributed by atoms with Gasteiger partial charge in [-0.15, -0.1) is 0 Å². The van der Waals surface area contributed by atoms with Crippen LogP contribution in [0.3, 0.4) is 0 Å². The van der Waals surface area contributed by atoms with E-state index in [1.165, 1.54) is 6.08 Å². The van der Waals surface area contributed by atoms with Crippen LogP contribution in [-0.4, -0.2) is 5.97 Å². The van der Waals surface area contributed by atoms with Crippen molar-refractivity contribution in [3.8, 4) is 0 Å². The molecule has 0 spiro atoms. The van der Waals surface area contributed by atoms with Crippen LogP contribution in [0.25, 0.3) is 0 Å². The van der Waals surface area contributed by atoms with Crippen molar-refractivity contribution in [3.63, 3.8) is 0 Å². The summed E-state index contributed by atoms with van der Waals surface area (Å²) in [6.45, 7) is 1.77. The Bertz CT molecular complexity index is 84.5. The van der Waals surface area contributed by atoms with Gasteiger partial charge >= 0.3 is 0 Å². The summed E-state index contributed by atoms with van der Waals surface area (Å²) in [6.07, 6.45) is 3.24. The molecular weight excluding hydrogens is 104 g/mol. The van der Waals surface area contributed by atoms with Gasteiger partial charge in [-0.2, -0.15) is 0 Å². The number of carbonyl (C=O) groups is 1. The summed E-state index contributed by atoms with van der Waals surface area (Å²) in [4.78, 5) is 9.60. The fourth-order valence-corrected chi connectivity index (χ4v) is 0.214. The number of hydrogen-bond acceptors (Lipinski definition) is 2. The van der Waals surface area contributed by atoms with Crippen LogP contribution in [0, 0.1) is 0 Å². The third-order valence-electron chi connectivity index (χ3n) is 0.520. The van der Waals surface area contributed by atoms with Crippen molar-refractivity contribution in [2.75, 3.05) is 0 Å².